The molecule has 0 amide bonds. The van der Waals surface area contributed by atoms with E-state index in [0.717, 1.165) is 25.7 Å². The van der Waals surface area contributed by atoms with E-state index in [4.69, 9.17) is 9.47 Å². The molecule has 2 aliphatic carbocycles. The van der Waals surface area contributed by atoms with E-state index in [1.165, 1.54) is 18.1 Å². The summed E-state index contributed by atoms with van der Waals surface area (Å²) in [6.07, 6.45) is 6.07. The lowest BCUT2D eigenvalue weighted by atomic mass is 9.54. The summed E-state index contributed by atoms with van der Waals surface area (Å²) >= 11 is 0. The van der Waals surface area contributed by atoms with E-state index < -0.39 is 0 Å². The summed E-state index contributed by atoms with van der Waals surface area (Å²) in [5.41, 5.74) is 2.65. The first kappa shape index (κ1) is 13.7. The summed E-state index contributed by atoms with van der Waals surface area (Å²) in [7, 11) is 0. The van der Waals surface area contributed by atoms with Gasteiger partial charge in [0.25, 0.3) is 0 Å². The Morgan fingerprint density at radius 2 is 2.30 bits per heavy atom. The summed E-state index contributed by atoms with van der Waals surface area (Å²) in [6, 6.07) is 0. The van der Waals surface area contributed by atoms with Crippen LogP contribution in [0.2, 0.25) is 0 Å². The zero-order chi connectivity index (χ0) is 14.5. The van der Waals surface area contributed by atoms with E-state index in [1.54, 1.807) is 0 Å². The Kier molecular flexibility index (Phi) is 3.19. The van der Waals surface area contributed by atoms with Gasteiger partial charge in [-0.25, -0.2) is 0 Å². The van der Waals surface area contributed by atoms with E-state index in [9.17, 15) is 4.79 Å². The van der Waals surface area contributed by atoms with Crippen LogP contribution in [0, 0.1) is 17.3 Å². The highest BCUT2D eigenvalue weighted by atomic mass is 16.5. The second kappa shape index (κ2) is 4.64. The molecule has 0 aromatic rings. The van der Waals surface area contributed by atoms with Crippen LogP contribution in [0.3, 0.4) is 0 Å². The summed E-state index contributed by atoms with van der Waals surface area (Å²) in [5, 5.41) is 0. The summed E-state index contributed by atoms with van der Waals surface area (Å²) in [5.74, 6) is 0.777. The molecule has 0 aromatic heterocycles. The van der Waals surface area contributed by atoms with Gasteiger partial charge in [0.15, 0.2) is 0 Å². The lowest BCUT2D eigenvalue weighted by Gasteiger charge is -2.53. The van der Waals surface area contributed by atoms with Gasteiger partial charge in [0.1, 0.15) is 12.2 Å². The molecule has 5 atom stereocenters. The van der Waals surface area contributed by atoms with E-state index in [-0.39, 0.29) is 23.6 Å². The molecular formula is C17H24O3. The van der Waals surface area contributed by atoms with Gasteiger partial charge in [0.2, 0.25) is 0 Å². The Morgan fingerprint density at radius 1 is 1.55 bits per heavy atom. The average molecular weight is 276 g/mol. The molecule has 110 valence electrons. The summed E-state index contributed by atoms with van der Waals surface area (Å²) in [6.45, 7) is 10.2. The molecule has 20 heavy (non-hydrogen) atoms. The first-order valence-electron chi connectivity index (χ1n) is 7.59. The van der Waals surface area contributed by atoms with Crippen molar-refractivity contribution >= 4 is 5.97 Å². The van der Waals surface area contributed by atoms with Crippen LogP contribution in [0.5, 0.6) is 0 Å². The SMILES string of the molecule is C=C1CC[C@H](OC(C)=O)[C@]2(C)CC3OC=C(C)C3CC12. The van der Waals surface area contributed by atoms with E-state index >= 15 is 0 Å². The van der Waals surface area contributed by atoms with Crippen molar-refractivity contribution in [1.82, 2.24) is 0 Å². The highest BCUT2D eigenvalue weighted by Gasteiger charge is 2.54. The van der Waals surface area contributed by atoms with Gasteiger partial charge in [-0.3, -0.25) is 4.79 Å². The first-order chi connectivity index (χ1) is 9.41. The molecule has 3 heteroatoms. The molecule has 2 fully saturated rings. The van der Waals surface area contributed by atoms with Crippen molar-refractivity contribution in [1.29, 1.82) is 0 Å². The molecule has 0 N–H and O–H groups in total. The number of esters is 1. The highest BCUT2D eigenvalue weighted by molar-refractivity contribution is 5.66. The predicted molar refractivity (Wildman–Crippen MR) is 76.9 cm³/mol. The molecule has 0 radical (unpaired) electrons. The van der Waals surface area contributed by atoms with Gasteiger partial charge < -0.3 is 9.47 Å². The van der Waals surface area contributed by atoms with Crippen LogP contribution in [0.25, 0.3) is 0 Å². The quantitative estimate of drug-likeness (QED) is 0.542. The smallest absolute Gasteiger partial charge is 0.302 e. The van der Waals surface area contributed by atoms with Crippen LogP contribution in [0.1, 0.15) is 46.5 Å². The Hall–Kier alpha value is -1.25. The fraction of sp³-hybridized carbons (Fsp3) is 0.706. The number of rotatable bonds is 1. The van der Waals surface area contributed by atoms with Crippen LogP contribution in [0.4, 0.5) is 0 Å². The fourth-order valence-electron chi connectivity index (χ4n) is 4.50. The van der Waals surface area contributed by atoms with Gasteiger partial charge in [-0.2, -0.15) is 0 Å². The molecule has 1 heterocycles. The van der Waals surface area contributed by atoms with Crippen molar-refractivity contribution < 1.29 is 14.3 Å². The summed E-state index contributed by atoms with van der Waals surface area (Å²) in [4.78, 5) is 11.4. The van der Waals surface area contributed by atoms with Gasteiger partial charge in [-0.1, -0.05) is 19.1 Å². The summed E-state index contributed by atoms with van der Waals surface area (Å²) < 4.78 is 11.5. The van der Waals surface area contributed by atoms with Crippen molar-refractivity contribution in [2.75, 3.05) is 0 Å². The Balaban J connectivity index is 1.88. The zero-order valence-corrected chi connectivity index (χ0v) is 12.6. The molecule has 1 aliphatic heterocycles. The minimum absolute atomic E-state index is 0.000885. The third-order valence-corrected chi connectivity index (χ3v) is 5.65. The van der Waals surface area contributed by atoms with Gasteiger partial charge in [0, 0.05) is 18.3 Å². The number of hydrogen-bond acceptors (Lipinski definition) is 3. The van der Waals surface area contributed by atoms with Crippen molar-refractivity contribution in [2.24, 2.45) is 17.3 Å². The molecule has 3 nitrogen and oxygen atoms in total. The third kappa shape index (κ3) is 1.99. The van der Waals surface area contributed by atoms with Gasteiger partial charge in [-0.05, 0) is 44.1 Å². The van der Waals surface area contributed by atoms with E-state index in [2.05, 4.69) is 20.4 Å². The van der Waals surface area contributed by atoms with Gasteiger partial charge in [-0.15, -0.1) is 0 Å². The van der Waals surface area contributed by atoms with Crippen LogP contribution in [-0.4, -0.2) is 18.2 Å². The number of carbonyl (C=O) groups excluding carboxylic acids is 1. The molecule has 3 aliphatic rings. The predicted octanol–water partition coefficient (Wildman–Crippen LogP) is 3.60. The number of hydrogen-bond donors (Lipinski definition) is 0. The van der Waals surface area contributed by atoms with Crippen molar-refractivity contribution in [3.8, 4) is 0 Å². The minimum Gasteiger partial charge on any atom is -0.497 e. The molecular weight excluding hydrogens is 252 g/mol. The molecule has 2 saturated carbocycles. The lowest BCUT2D eigenvalue weighted by Crippen LogP contribution is -2.52. The number of fused-ring (bicyclic) bond motifs is 2. The van der Waals surface area contributed by atoms with Crippen LogP contribution >= 0.6 is 0 Å². The largest absolute Gasteiger partial charge is 0.497 e. The maximum absolute atomic E-state index is 11.4. The molecule has 3 rings (SSSR count). The van der Waals surface area contributed by atoms with Crippen LogP contribution in [-0.2, 0) is 14.3 Å². The lowest BCUT2D eigenvalue weighted by molar-refractivity contribution is -0.164. The van der Waals surface area contributed by atoms with E-state index in [0.29, 0.717) is 11.8 Å². The number of allylic oxidation sites excluding steroid dienone is 1. The maximum atomic E-state index is 11.4. The monoisotopic (exact) mass is 276 g/mol. The van der Waals surface area contributed by atoms with Crippen LogP contribution < -0.4 is 0 Å². The molecule has 0 aromatic carbocycles. The van der Waals surface area contributed by atoms with Gasteiger partial charge >= 0.3 is 5.97 Å². The second-order valence-electron chi connectivity index (χ2n) is 6.94. The normalized spacial score (nSPS) is 43.1. The molecule has 3 unspecified atom stereocenters. The van der Waals surface area contributed by atoms with Gasteiger partial charge in [0.05, 0.1) is 6.26 Å². The Bertz CT molecular complexity index is 479. The van der Waals surface area contributed by atoms with Crippen molar-refractivity contribution in [3.05, 3.63) is 24.0 Å². The fourth-order valence-corrected chi connectivity index (χ4v) is 4.50. The topological polar surface area (TPSA) is 35.5 Å². The second-order valence-corrected chi connectivity index (χ2v) is 6.94. The average Bonchev–Trinajstić information content (AvgIpc) is 2.72. The van der Waals surface area contributed by atoms with Crippen LogP contribution in [0.15, 0.2) is 24.0 Å². The Labute approximate surface area is 121 Å². The van der Waals surface area contributed by atoms with E-state index in [1.807, 2.05) is 6.26 Å². The highest BCUT2D eigenvalue weighted by Crippen LogP contribution is 2.57. The standard InChI is InChI=1S/C17H24O3/c1-10-5-6-16(20-12(3)18)17(4)8-15-13(7-14(10)17)11(2)9-19-15/h9,13-16H,1,5-8H2,2-4H3/t13?,14?,15?,16-,17+/m0/s1. The molecule has 0 saturated heterocycles. The van der Waals surface area contributed by atoms with Crippen molar-refractivity contribution in [3.63, 3.8) is 0 Å². The maximum Gasteiger partial charge on any atom is 0.302 e. The van der Waals surface area contributed by atoms with Crippen molar-refractivity contribution in [2.45, 2.75) is 58.7 Å². The number of carbonyl (C=O) groups is 1. The minimum atomic E-state index is -0.175. The Morgan fingerprint density at radius 3 is 3.00 bits per heavy atom. The zero-order valence-electron chi connectivity index (χ0n) is 12.6. The third-order valence-electron chi connectivity index (χ3n) is 5.65. The number of ether oxygens (including phenoxy) is 2. The molecule has 0 spiro atoms. The first-order valence-corrected chi connectivity index (χ1v) is 7.59. The molecule has 0 bridgehead atoms.